The van der Waals surface area contributed by atoms with Crippen LogP contribution in [0.15, 0.2) is 0 Å². The van der Waals surface area contributed by atoms with Crippen molar-refractivity contribution in [2.75, 3.05) is 19.7 Å². The lowest BCUT2D eigenvalue weighted by atomic mass is 10.1. The molecule has 0 aromatic carbocycles. The third kappa shape index (κ3) is 3.15. The van der Waals surface area contributed by atoms with Crippen molar-refractivity contribution < 1.29 is 4.74 Å². The van der Waals surface area contributed by atoms with Crippen molar-refractivity contribution in [3.05, 3.63) is 11.6 Å². The van der Waals surface area contributed by atoms with Crippen LogP contribution < -0.4 is 0 Å². The maximum Gasteiger partial charge on any atom is 0.150 e. The smallest absolute Gasteiger partial charge is 0.150 e. The second-order valence-corrected chi connectivity index (χ2v) is 5.85. The molecule has 0 fully saturated rings. The predicted molar refractivity (Wildman–Crippen MR) is 75.2 cm³/mol. The summed E-state index contributed by atoms with van der Waals surface area (Å²) in [6, 6.07) is 0.324. The van der Waals surface area contributed by atoms with Crippen LogP contribution in [0.5, 0.6) is 0 Å². The molecule has 19 heavy (non-hydrogen) atoms. The van der Waals surface area contributed by atoms with Crippen LogP contribution in [-0.4, -0.2) is 45.5 Å². The minimum atomic E-state index is 0.302. The van der Waals surface area contributed by atoms with Crippen LogP contribution in [-0.2, 0) is 11.3 Å². The molecule has 1 unspecified atom stereocenters. The van der Waals surface area contributed by atoms with Gasteiger partial charge in [0.15, 0.2) is 0 Å². The van der Waals surface area contributed by atoms with Gasteiger partial charge in [0.1, 0.15) is 11.6 Å². The molecule has 0 saturated heterocycles. The number of rotatable bonds is 5. The van der Waals surface area contributed by atoms with E-state index in [1.54, 1.807) is 0 Å². The standard InChI is InChI=1S/C14H26N4O/c1-10(2)13-15-16-14-12(5)17(6-7-18(13)14)8-9-19-11(3)4/h10-12H,6-9H2,1-5H3. The van der Waals surface area contributed by atoms with Gasteiger partial charge < -0.3 is 9.30 Å². The van der Waals surface area contributed by atoms with Crippen LogP contribution in [0, 0.1) is 0 Å². The van der Waals surface area contributed by atoms with Gasteiger partial charge in [-0.05, 0) is 20.8 Å². The minimum absolute atomic E-state index is 0.302. The van der Waals surface area contributed by atoms with E-state index in [1.165, 1.54) is 0 Å². The summed E-state index contributed by atoms with van der Waals surface area (Å²) in [6.07, 6.45) is 0.302. The molecule has 1 atom stereocenters. The Morgan fingerprint density at radius 2 is 1.95 bits per heavy atom. The highest BCUT2D eigenvalue weighted by atomic mass is 16.5. The lowest BCUT2D eigenvalue weighted by Crippen LogP contribution is -2.39. The van der Waals surface area contributed by atoms with Crippen LogP contribution in [0.3, 0.4) is 0 Å². The van der Waals surface area contributed by atoms with Gasteiger partial charge in [0.05, 0.1) is 18.8 Å². The van der Waals surface area contributed by atoms with E-state index >= 15 is 0 Å². The molecule has 1 aliphatic heterocycles. The van der Waals surface area contributed by atoms with Crippen LogP contribution in [0.4, 0.5) is 0 Å². The van der Waals surface area contributed by atoms with Crippen molar-refractivity contribution in [3.8, 4) is 0 Å². The summed E-state index contributed by atoms with van der Waals surface area (Å²) < 4.78 is 7.93. The van der Waals surface area contributed by atoms with Gasteiger partial charge in [-0.15, -0.1) is 10.2 Å². The average molecular weight is 266 g/mol. The lowest BCUT2D eigenvalue weighted by molar-refractivity contribution is 0.0431. The molecule has 2 heterocycles. The minimum Gasteiger partial charge on any atom is -0.377 e. The Kier molecular flexibility index (Phi) is 4.58. The Hall–Kier alpha value is -0.940. The molecule has 1 aromatic rings. The quantitative estimate of drug-likeness (QED) is 0.819. The van der Waals surface area contributed by atoms with Gasteiger partial charge in [-0.2, -0.15) is 0 Å². The Morgan fingerprint density at radius 1 is 1.21 bits per heavy atom. The highest BCUT2D eigenvalue weighted by Crippen LogP contribution is 2.26. The first-order valence-corrected chi connectivity index (χ1v) is 7.29. The fourth-order valence-electron chi connectivity index (χ4n) is 2.59. The zero-order chi connectivity index (χ0) is 14.0. The summed E-state index contributed by atoms with van der Waals surface area (Å²) in [7, 11) is 0. The predicted octanol–water partition coefficient (Wildman–Crippen LogP) is 2.20. The zero-order valence-corrected chi connectivity index (χ0v) is 12.8. The molecule has 0 bridgehead atoms. The summed E-state index contributed by atoms with van der Waals surface area (Å²) in [5, 5.41) is 8.73. The van der Waals surface area contributed by atoms with Gasteiger partial charge in [0.25, 0.3) is 0 Å². The van der Waals surface area contributed by atoms with Crippen LogP contribution >= 0.6 is 0 Å². The van der Waals surface area contributed by atoms with Crippen molar-refractivity contribution in [2.45, 2.75) is 59.2 Å². The number of fused-ring (bicyclic) bond motifs is 1. The molecule has 0 radical (unpaired) electrons. The van der Waals surface area contributed by atoms with Crippen molar-refractivity contribution in [1.82, 2.24) is 19.7 Å². The zero-order valence-electron chi connectivity index (χ0n) is 12.8. The molecule has 0 saturated carbocycles. The maximum absolute atomic E-state index is 5.64. The van der Waals surface area contributed by atoms with Crippen LogP contribution in [0.2, 0.25) is 0 Å². The Bertz CT molecular complexity index is 414. The molecule has 5 heteroatoms. The van der Waals surface area contributed by atoms with Gasteiger partial charge in [-0.1, -0.05) is 13.8 Å². The van der Waals surface area contributed by atoms with Gasteiger partial charge in [-0.25, -0.2) is 0 Å². The SMILES string of the molecule is CC(C)OCCN1CCn2c(C(C)C)nnc2C1C. The van der Waals surface area contributed by atoms with E-state index in [0.29, 0.717) is 18.1 Å². The Morgan fingerprint density at radius 3 is 2.58 bits per heavy atom. The van der Waals surface area contributed by atoms with Crippen molar-refractivity contribution in [1.29, 1.82) is 0 Å². The highest BCUT2D eigenvalue weighted by molar-refractivity contribution is 5.06. The van der Waals surface area contributed by atoms with Crippen LogP contribution in [0.25, 0.3) is 0 Å². The average Bonchev–Trinajstić information content (AvgIpc) is 2.76. The number of aromatic nitrogens is 3. The maximum atomic E-state index is 5.64. The fourth-order valence-corrected chi connectivity index (χ4v) is 2.59. The molecular weight excluding hydrogens is 240 g/mol. The second-order valence-electron chi connectivity index (χ2n) is 5.85. The van der Waals surface area contributed by atoms with E-state index < -0.39 is 0 Å². The summed E-state index contributed by atoms with van der Waals surface area (Å²) in [5.41, 5.74) is 0. The Labute approximate surface area is 116 Å². The molecule has 0 aliphatic carbocycles. The molecule has 108 valence electrons. The first-order chi connectivity index (χ1) is 9.00. The highest BCUT2D eigenvalue weighted by Gasteiger charge is 2.28. The van der Waals surface area contributed by atoms with Gasteiger partial charge in [-0.3, -0.25) is 4.90 Å². The molecule has 0 N–H and O–H groups in total. The number of hydrogen-bond donors (Lipinski definition) is 0. The monoisotopic (exact) mass is 266 g/mol. The van der Waals surface area contributed by atoms with Crippen molar-refractivity contribution in [3.63, 3.8) is 0 Å². The van der Waals surface area contributed by atoms with E-state index in [9.17, 15) is 0 Å². The lowest BCUT2D eigenvalue weighted by Gasteiger charge is -2.34. The van der Waals surface area contributed by atoms with E-state index in [-0.39, 0.29) is 0 Å². The van der Waals surface area contributed by atoms with Crippen molar-refractivity contribution >= 4 is 0 Å². The Balaban J connectivity index is 2.01. The fraction of sp³-hybridized carbons (Fsp3) is 0.857. The van der Waals surface area contributed by atoms with Crippen molar-refractivity contribution in [2.24, 2.45) is 0 Å². The van der Waals surface area contributed by atoms with Gasteiger partial charge in [0, 0.05) is 25.6 Å². The van der Waals surface area contributed by atoms with E-state index in [1.807, 2.05) is 0 Å². The third-order valence-corrected chi connectivity index (χ3v) is 3.69. The molecule has 1 aromatic heterocycles. The number of ether oxygens (including phenoxy) is 1. The second kappa shape index (κ2) is 6.01. The molecule has 0 spiro atoms. The summed E-state index contributed by atoms with van der Waals surface area (Å²) in [4.78, 5) is 2.43. The topological polar surface area (TPSA) is 43.2 Å². The third-order valence-electron chi connectivity index (χ3n) is 3.69. The number of nitrogens with zero attached hydrogens (tertiary/aromatic N) is 4. The van der Waals surface area contributed by atoms with Gasteiger partial charge >= 0.3 is 0 Å². The molecule has 0 amide bonds. The molecule has 5 nitrogen and oxygen atoms in total. The normalized spacial score (nSPS) is 20.3. The summed E-state index contributed by atoms with van der Waals surface area (Å²) in [6.45, 7) is 14.5. The molecule has 2 rings (SSSR count). The molecular formula is C14H26N4O. The van der Waals surface area contributed by atoms with E-state index in [0.717, 1.165) is 37.9 Å². The van der Waals surface area contributed by atoms with E-state index in [4.69, 9.17) is 4.74 Å². The van der Waals surface area contributed by atoms with Crippen LogP contribution in [0.1, 0.15) is 58.2 Å². The summed E-state index contributed by atoms with van der Waals surface area (Å²) in [5.74, 6) is 2.64. The first kappa shape index (κ1) is 14.5. The van der Waals surface area contributed by atoms with E-state index in [2.05, 4.69) is 54.3 Å². The summed E-state index contributed by atoms with van der Waals surface area (Å²) >= 11 is 0. The first-order valence-electron chi connectivity index (χ1n) is 7.29. The largest absolute Gasteiger partial charge is 0.377 e. The number of hydrogen-bond acceptors (Lipinski definition) is 4. The molecule has 1 aliphatic rings. The van der Waals surface area contributed by atoms with Gasteiger partial charge in [0.2, 0.25) is 0 Å².